The largest absolute Gasteiger partial charge is 0.508 e. The van der Waals surface area contributed by atoms with E-state index in [-0.39, 0.29) is 12.2 Å². The maximum Gasteiger partial charge on any atom is 0.508 e. The molecule has 0 radical (unpaired) electrons. The molecule has 1 N–H and O–H groups in total. The fourth-order valence-electron chi connectivity index (χ4n) is 4.93. The van der Waals surface area contributed by atoms with E-state index in [2.05, 4.69) is 6.92 Å². The van der Waals surface area contributed by atoms with Gasteiger partial charge in [-0.2, -0.15) is 0 Å². The average molecular weight is 585 g/mol. The fraction of sp³-hybridized carbons (Fsp3) is 0.944. The molecular formula is C36H72O5. The Balaban J connectivity index is 0. The molecule has 0 spiro atoms. The Morgan fingerprint density at radius 3 is 1.29 bits per heavy atom. The highest BCUT2D eigenvalue weighted by atomic mass is 16.7. The summed E-state index contributed by atoms with van der Waals surface area (Å²) in [5.74, 6) is 0.333. The van der Waals surface area contributed by atoms with Gasteiger partial charge in [-0.25, -0.2) is 4.79 Å². The van der Waals surface area contributed by atoms with Crippen LogP contribution in [0.1, 0.15) is 202 Å². The van der Waals surface area contributed by atoms with Gasteiger partial charge >= 0.3 is 6.16 Å². The van der Waals surface area contributed by atoms with Crippen LogP contribution >= 0.6 is 0 Å². The summed E-state index contributed by atoms with van der Waals surface area (Å²) >= 11 is 0. The first kappa shape index (κ1) is 42.0. The van der Waals surface area contributed by atoms with Gasteiger partial charge in [0.1, 0.15) is 11.9 Å². The van der Waals surface area contributed by atoms with Crippen LogP contribution in [0, 0.1) is 0 Å². The molecule has 0 fully saturated rings. The summed E-state index contributed by atoms with van der Waals surface area (Å²) in [6.45, 7) is 9.85. The van der Waals surface area contributed by atoms with Crippen molar-refractivity contribution in [3.05, 3.63) is 0 Å². The molecule has 0 aromatic heterocycles. The van der Waals surface area contributed by atoms with Crippen molar-refractivity contribution in [2.45, 2.75) is 214 Å². The Kier molecular flexibility index (Phi) is 36.0. The molecular weight excluding hydrogens is 512 g/mol. The molecule has 0 rings (SSSR count). The van der Waals surface area contributed by atoms with E-state index in [9.17, 15) is 9.59 Å². The molecule has 0 saturated carbocycles. The Hall–Kier alpha value is -1.10. The first-order chi connectivity index (χ1) is 19.8. The zero-order chi connectivity index (χ0) is 30.8. The summed E-state index contributed by atoms with van der Waals surface area (Å²) in [7, 11) is 0. The lowest BCUT2D eigenvalue weighted by Crippen LogP contribution is -2.16. The molecule has 5 nitrogen and oxygen atoms in total. The van der Waals surface area contributed by atoms with E-state index >= 15 is 0 Å². The normalized spacial score (nSPS) is 11.7. The van der Waals surface area contributed by atoms with E-state index in [0.29, 0.717) is 12.4 Å². The molecule has 0 aliphatic carbocycles. The van der Waals surface area contributed by atoms with Crippen molar-refractivity contribution in [2.75, 3.05) is 6.61 Å². The summed E-state index contributed by atoms with van der Waals surface area (Å²) in [5, 5.41) is 8.06. The minimum atomic E-state index is -0.489. The number of aliphatic hydroxyl groups excluding tert-OH is 1. The molecule has 1 atom stereocenters. The Morgan fingerprint density at radius 1 is 0.561 bits per heavy atom. The van der Waals surface area contributed by atoms with Crippen LogP contribution in [0.3, 0.4) is 0 Å². The van der Waals surface area contributed by atoms with Gasteiger partial charge in [-0.05, 0) is 53.4 Å². The standard InChI is InChI=1S/C33H64O4.C3H8O/c1-4-5-6-7-19-23-26-29-32(3)37-33(35)36-30-27-24-21-18-16-14-12-10-8-9-11-13-15-17-20-22-25-28-31(2)34;1-3(2)4/h32H,4-30H2,1-3H3;3-4H,1-2H3. The number of aliphatic hydroxyl groups is 1. The zero-order valence-corrected chi connectivity index (χ0v) is 28.3. The topological polar surface area (TPSA) is 72.8 Å². The first-order valence-electron chi connectivity index (χ1n) is 17.8. The smallest absolute Gasteiger partial charge is 0.434 e. The van der Waals surface area contributed by atoms with Gasteiger partial charge in [0.05, 0.1) is 6.61 Å². The Morgan fingerprint density at radius 2 is 0.902 bits per heavy atom. The second-order valence-corrected chi connectivity index (χ2v) is 12.5. The van der Waals surface area contributed by atoms with Crippen molar-refractivity contribution in [1.82, 2.24) is 0 Å². The van der Waals surface area contributed by atoms with E-state index in [1.54, 1.807) is 20.8 Å². The lowest BCUT2D eigenvalue weighted by molar-refractivity contribution is -0.117. The number of hydrogen-bond acceptors (Lipinski definition) is 5. The van der Waals surface area contributed by atoms with E-state index < -0.39 is 6.16 Å². The van der Waals surface area contributed by atoms with Crippen molar-refractivity contribution in [3.63, 3.8) is 0 Å². The van der Waals surface area contributed by atoms with Crippen molar-refractivity contribution in [3.8, 4) is 0 Å². The van der Waals surface area contributed by atoms with Crippen LogP contribution in [0.25, 0.3) is 0 Å². The molecule has 246 valence electrons. The quantitative estimate of drug-likeness (QED) is 0.0699. The van der Waals surface area contributed by atoms with Crippen molar-refractivity contribution in [2.24, 2.45) is 0 Å². The van der Waals surface area contributed by atoms with Gasteiger partial charge in [-0.1, -0.05) is 142 Å². The number of carbonyl (C=O) groups is 2. The molecule has 0 aliphatic rings. The predicted octanol–water partition coefficient (Wildman–Crippen LogP) is 11.7. The SMILES string of the molecule is CC(C)O.CCCCCCCCCC(C)OC(=O)OCCCCCCCCCCCCCCCCCCCC(C)=O. The number of unbranched alkanes of at least 4 members (excludes halogenated alkanes) is 22. The van der Waals surface area contributed by atoms with Gasteiger partial charge in [-0.3, -0.25) is 0 Å². The third-order valence-electron chi connectivity index (χ3n) is 7.40. The second-order valence-electron chi connectivity index (χ2n) is 12.5. The Bertz CT molecular complexity index is 531. The van der Waals surface area contributed by atoms with Gasteiger partial charge in [0.25, 0.3) is 0 Å². The number of ether oxygens (including phenoxy) is 2. The number of rotatable bonds is 29. The van der Waals surface area contributed by atoms with Gasteiger partial charge in [0.15, 0.2) is 0 Å². The molecule has 0 aromatic rings. The van der Waals surface area contributed by atoms with Crippen LogP contribution < -0.4 is 0 Å². The van der Waals surface area contributed by atoms with Gasteiger partial charge < -0.3 is 19.4 Å². The molecule has 0 heterocycles. The summed E-state index contributed by atoms with van der Waals surface area (Å²) in [5.41, 5.74) is 0. The fourth-order valence-corrected chi connectivity index (χ4v) is 4.93. The van der Waals surface area contributed by atoms with Crippen LogP contribution in [0.15, 0.2) is 0 Å². The van der Waals surface area contributed by atoms with Crippen molar-refractivity contribution >= 4 is 11.9 Å². The van der Waals surface area contributed by atoms with Crippen LogP contribution in [0.5, 0.6) is 0 Å². The third kappa shape index (κ3) is 43.5. The van der Waals surface area contributed by atoms with Crippen LogP contribution in [-0.4, -0.2) is 35.9 Å². The summed E-state index contributed by atoms with van der Waals surface area (Å²) < 4.78 is 10.6. The van der Waals surface area contributed by atoms with Gasteiger partial charge in [-0.15, -0.1) is 0 Å². The van der Waals surface area contributed by atoms with E-state index in [1.165, 1.54) is 128 Å². The first-order valence-corrected chi connectivity index (χ1v) is 17.8. The van der Waals surface area contributed by atoms with Gasteiger partial charge in [0, 0.05) is 12.5 Å². The summed E-state index contributed by atoms with van der Waals surface area (Å²) in [4.78, 5) is 22.7. The number of ketones is 1. The zero-order valence-electron chi connectivity index (χ0n) is 28.3. The van der Waals surface area contributed by atoms with Crippen LogP contribution in [0.4, 0.5) is 4.79 Å². The molecule has 1 unspecified atom stereocenters. The molecule has 0 saturated heterocycles. The highest BCUT2D eigenvalue weighted by Crippen LogP contribution is 2.15. The Labute approximate surface area is 256 Å². The summed E-state index contributed by atoms with van der Waals surface area (Å²) in [6, 6.07) is 0. The lowest BCUT2D eigenvalue weighted by atomic mass is 10.0. The van der Waals surface area contributed by atoms with E-state index in [1.807, 2.05) is 6.92 Å². The average Bonchev–Trinajstić information content (AvgIpc) is 2.91. The molecule has 0 bridgehead atoms. The lowest BCUT2D eigenvalue weighted by Gasteiger charge is -2.13. The molecule has 0 aliphatic heterocycles. The minimum Gasteiger partial charge on any atom is -0.434 e. The predicted molar refractivity (Wildman–Crippen MR) is 176 cm³/mol. The van der Waals surface area contributed by atoms with Crippen LogP contribution in [0.2, 0.25) is 0 Å². The second kappa shape index (κ2) is 35.1. The molecule has 41 heavy (non-hydrogen) atoms. The highest BCUT2D eigenvalue weighted by molar-refractivity contribution is 5.75. The number of hydrogen-bond donors (Lipinski definition) is 1. The van der Waals surface area contributed by atoms with Crippen molar-refractivity contribution in [1.29, 1.82) is 0 Å². The third-order valence-corrected chi connectivity index (χ3v) is 7.40. The minimum absolute atomic E-state index is 0.0388. The van der Waals surface area contributed by atoms with Crippen molar-refractivity contribution < 1.29 is 24.2 Å². The molecule has 0 aromatic carbocycles. The van der Waals surface area contributed by atoms with E-state index in [0.717, 1.165) is 38.5 Å². The maximum absolute atomic E-state index is 11.8. The van der Waals surface area contributed by atoms with Gasteiger partial charge in [0.2, 0.25) is 0 Å². The van der Waals surface area contributed by atoms with Crippen LogP contribution in [-0.2, 0) is 14.3 Å². The summed E-state index contributed by atoms with van der Waals surface area (Å²) in [6.07, 6.45) is 31.9. The highest BCUT2D eigenvalue weighted by Gasteiger charge is 2.10. The number of Topliss-reactive ketones (excluding diaryl/α,β-unsaturated/α-hetero) is 1. The number of carbonyl (C=O) groups excluding carboxylic acids is 2. The monoisotopic (exact) mass is 585 g/mol. The molecule has 5 heteroatoms. The van der Waals surface area contributed by atoms with E-state index in [4.69, 9.17) is 14.6 Å². The molecule has 0 amide bonds. The maximum atomic E-state index is 11.8.